The number of likely N-dealkylation sites (tertiary alicyclic amines) is 1. The average Bonchev–Trinajstić information content (AvgIpc) is 2.29. The second kappa shape index (κ2) is 4.97. The van der Waals surface area contributed by atoms with Crippen LogP contribution in [0.4, 0.5) is 0 Å². The van der Waals surface area contributed by atoms with Crippen LogP contribution in [-0.4, -0.2) is 34.6 Å². The fraction of sp³-hybridized carbons (Fsp3) is 0.929. The van der Waals surface area contributed by atoms with Crippen molar-refractivity contribution in [2.45, 2.75) is 70.9 Å². The van der Waals surface area contributed by atoms with E-state index in [9.17, 15) is 9.90 Å². The van der Waals surface area contributed by atoms with Gasteiger partial charge in [-0.2, -0.15) is 0 Å². The molecule has 0 aromatic heterocycles. The molecule has 2 aliphatic rings. The lowest BCUT2D eigenvalue weighted by molar-refractivity contribution is -0.146. The Balaban J connectivity index is 1.98. The molecule has 0 aromatic rings. The van der Waals surface area contributed by atoms with Gasteiger partial charge >= 0.3 is 5.97 Å². The molecule has 1 aliphatic carbocycles. The highest BCUT2D eigenvalue weighted by molar-refractivity contribution is 5.73. The van der Waals surface area contributed by atoms with Gasteiger partial charge in [0.1, 0.15) is 6.04 Å². The topological polar surface area (TPSA) is 40.5 Å². The highest BCUT2D eigenvalue weighted by atomic mass is 16.4. The molecule has 1 N–H and O–H groups in total. The summed E-state index contributed by atoms with van der Waals surface area (Å²) < 4.78 is 0. The van der Waals surface area contributed by atoms with Gasteiger partial charge in [-0.25, -0.2) is 0 Å². The van der Waals surface area contributed by atoms with Crippen LogP contribution < -0.4 is 0 Å². The van der Waals surface area contributed by atoms with Crippen molar-refractivity contribution in [2.24, 2.45) is 5.41 Å². The average molecular weight is 239 g/mol. The Bertz CT molecular complexity index is 278. The fourth-order valence-corrected chi connectivity index (χ4v) is 3.37. The molecule has 2 fully saturated rings. The van der Waals surface area contributed by atoms with Crippen molar-refractivity contribution >= 4 is 5.97 Å². The number of hydrogen-bond donors (Lipinski definition) is 1. The van der Waals surface area contributed by atoms with Crippen LogP contribution in [-0.2, 0) is 4.79 Å². The summed E-state index contributed by atoms with van der Waals surface area (Å²) in [6.45, 7) is 5.64. The predicted octanol–water partition coefficient (Wildman–Crippen LogP) is 2.89. The molecule has 0 radical (unpaired) electrons. The second-order valence-corrected chi connectivity index (χ2v) is 6.48. The SMILES string of the molecule is CC1(C)CCC(N2CCCCC2C(=O)O)CC1. The Morgan fingerprint density at radius 3 is 2.41 bits per heavy atom. The van der Waals surface area contributed by atoms with E-state index in [-0.39, 0.29) is 6.04 Å². The number of carboxylic acids is 1. The maximum atomic E-state index is 11.3. The van der Waals surface area contributed by atoms with E-state index in [0.29, 0.717) is 11.5 Å². The van der Waals surface area contributed by atoms with Crippen molar-refractivity contribution in [1.29, 1.82) is 0 Å². The summed E-state index contributed by atoms with van der Waals surface area (Å²) in [5, 5.41) is 9.30. The number of carboxylic acid groups (broad SMARTS) is 1. The lowest BCUT2D eigenvalue weighted by Gasteiger charge is -2.44. The van der Waals surface area contributed by atoms with Gasteiger partial charge in [0.05, 0.1) is 0 Å². The van der Waals surface area contributed by atoms with Crippen LogP contribution in [0.1, 0.15) is 58.8 Å². The molecule has 3 nitrogen and oxygen atoms in total. The van der Waals surface area contributed by atoms with Gasteiger partial charge in [-0.05, 0) is 50.5 Å². The van der Waals surface area contributed by atoms with Gasteiger partial charge in [-0.1, -0.05) is 20.3 Å². The molecule has 1 unspecified atom stereocenters. The Labute approximate surface area is 104 Å². The lowest BCUT2D eigenvalue weighted by atomic mass is 9.74. The first kappa shape index (κ1) is 12.9. The Kier molecular flexibility index (Phi) is 3.76. The number of carbonyl (C=O) groups is 1. The third-order valence-corrected chi connectivity index (χ3v) is 4.61. The molecule has 1 saturated heterocycles. The summed E-state index contributed by atoms with van der Waals surface area (Å²) in [6, 6.07) is 0.305. The van der Waals surface area contributed by atoms with Crippen molar-refractivity contribution in [3.63, 3.8) is 0 Å². The molecule has 17 heavy (non-hydrogen) atoms. The first-order valence-electron chi connectivity index (χ1n) is 6.98. The molecule has 0 spiro atoms. The van der Waals surface area contributed by atoms with Crippen LogP contribution in [0.3, 0.4) is 0 Å². The first-order chi connectivity index (χ1) is 7.99. The zero-order chi connectivity index (χ0) is 12.5. The molecule has 1 atom stereocenters. The minimum atomic E-state index is -0.616. The molecule has 1 heterocycles. The monoisotopic (exact) mass is 239 g/mol. The van der Waals surface area contributed by atoms with Crippen molar-refractivity contribution in [1.82, 2.24) is 4.90 Å². The summed E-state index contributed by atoms with van der Waals surface area (Å²) >= 11 is 0. The van der Waals surface area contributed by atoms with Crippen molar-refractivity contribution in [3.8, 4) is 0 Å². The maximum Gasteiger partial charge on any atom is 0.320 e. The number of aliphatic carboxylic acids is 1. The predicted molar refractivity (Wildman–Crippen MR) is 68.0 cm³/mol. The molecule has 3 heteroatoms. The largest absolute Gasteiger partial charge is 0.480 e. The van der Waals surface area contributed by atoms with Crippen LogP contribution >= 0.6 is 0 Å². The Hall–Kier alpha value is -0.570. The van der Waals surface area contributed by atoms with E-state index in [0.717, 1.165) is 19.4 Å². The van der Waals surface area contributed by atoms with Crippen LogP contribution in [0.2, 0.25) is 0 Å². The van der Waals surface area contributed by atoms with Crippen LogP contribution in [0.5, 0.6) is 0 Å². The second-order valence-electron chi connectivity index (χ2n) is 6.48. The molecular weight excluding hydrogens is 214 g/mol. The fourth-order valence-electron chi connectivity index (χ4n) is 3.37. The van der Waals surface area contributed by atoms with Crippen LogP contribution in [0.25, 0.3) is 0 Å². The van der Waals surface area contributed by atoms with Gasteiger partial charge < -0.3 is 5.11 Å². The molecule has 98 valence electrons. The third kappa shape index (κ3) is 3.01. The molecule has 1 aliphatic heterocycles. The lowest BCUT2D eigenvalue weighted by Crippen LogP contribution is -2.51. The van der Waals surface area contributed by atoms with Crippen molar-refractivity contribution in [2.75, 3.05) is 6.54 Å². The third-order valence-electron chi connectivity index (χ3n) is 4.61. The Morgan fingerprint density at radius 1 is 1.18 bits per heavy atom. The molecule has 2 rings (SSSR count). The highest BCUT2D eigenvalue weighted by Gasteiger charge is 2.36. The summed E-state index contributed by atoms with van der Waals surface area (Å²) in [7, 11) is 0. The molecule has 0 amide bonds. The molecular formula is C14H25NO2. The van der Waals surface area contributed by atoms with Gasteiger partial charge in [0.25, 0.3) is 0 Å². The van der Waals surface area contributed by atoms with E-state index in [2.05, 4.69) is 18.7 Å². The van der Waals surface area contributed by atoms with Gasteiger partial charge in [0.2, 0.25) is 0 Å². The zero-order valence-electron chi connectivity index (χ0n) is 11.1. The smallest absolute Gasteiger partial charge is 0.320 e. The van der Waals surface area contributed by atoms with Gasteiger partial charge in [-0.15, -0.1) is 0 Å². The maximum absolute atomic E-state index is 11.3. The summed E-state index contributed by atoms with van der Waals surface area (Å²) in [6.07, 6.45) is 7.92. The summed E-state index contributed by atoms with van der Waals surface area (Å²) in [5.41, 5.74) is 0.463. The van der Waals surface area contributed by atoms with E-state index < -0.39 is 5.97 Å². The Morgan fingerprint density at radius 2 is 1.82 bits per heavy atom. The molecule has 0 aromatic carbocycles. The van der Waals surface area contributed by atoms with Crippen molar-refractivity contribution < 1.29 is 9.90 Å². The molecule has 1 saturated carbocycles. The van der Waals surface area contributed by atoms with E-state index >= 15 is 0 Å². The number of hydrogen-bond acceptors (Lipinski definition) is 2. The van der Waals surface area contributed by atoms with Gasteiger partial charge in [0, 0.05) is 6.04 Å². The minimum Gasteiger partial charge on any atom is -0.480 e. The van der Waals surface area contributed by atoms with E-state index in [1.165, 1.54) is 32.1 Å². The number of rotatable bonds is 2. The minimum absolute atomic E-state index is 0.213. The quantitative estimate of drug-likeness (QED) is 0.805. The van der Waals surface area contributed by atoms with E-state index in [1.54, 1.807) is 0 Å². The van der Waals surface area contributed by atoms with E-state index in [1.807, 2.05) is 0 Å². The van der Waals surface area contributed by atoms with Gasteiger partial charge in [0.15, 0.2) is 0 Å². The first-order valence-corrected chi connectivity index (χ1v) is 6.98. The zero-order valence-corrected chi connectivity index (χ0v) is 11.1. The number of piperidine rings is 1. The normalized spacial score (nSPS) is 31.3. The standard InChI is InChI=1S/C14H25NO2/c1-14(2)8-6-11(7-9-14)15-10-4-3-5-12(15)13(16)17/h11-12H,3-10H2,1-2H3,(H,16,17). The van der Waals surface area contributed by atoms with E-state index in [4.69, 9.17) is 0 Å². The summed E-state index contributed by atoms with van der Waals surface area (Å²) in [5.74, 6) is -0.616. The van der Waals surface area contributed by atoms with Crippen LogP contribution in [0, 0.1) is 5.41 Å². The highest BCUT2D eigenvalue weighted by Crippen LogP contribution is 2.38. The van der Waals surface area contributed by atoms with Crippen LogP contribution in [0.15, 0.2) is 0 Å². The number of nitrogens with zero attached hydrogens (tertiary/aromatic N) is 1. The van der Waals surface area contributed by atoms with Crippen molar-refractivity contribution in [3.05, 3.63) is 0 Å². The summed E-state index contributed by atoms with van der Waals surface area (Å²) in [4.78, 5) is 13.6. The van der Waals surface area contributed by atoms with Gasteiger partial charge in [-0.3, -0.25) is 9.69 Å². The molecule has 0 bridgehead atoms.